The van der Waals surface area contributed by atoms with Crippen molar-refractivity contribution in [3.8, 4) is 11.4 Å². The van der Waals surface area contributed by atoms with E-state index in [0.29, 0.717) is 23.2 Å². The van der Waals surface area contributed by atoms with Crippen molar-refractivity contribution in [1.82, 2.24) is 9.97 Å². The third-order valence-electron chi connectivity index (χ3n) is 3.60. The Bertz CT molecular complexity index is 790. The molecule has 24 heavy (non-hydrogen) atoms. The Balaban J connectivity index is 2.26. The van der Waals surface area contributed by atoms with Crippen LogP contribution in [0.25, 0.3) is 11.4 Å². The summed E-state index contributed by atoms with van der Waals surface area (Å²) in [6.07, 6.45) is 0. The molecule has 7 heteroatoms. The van der Waals surface area contributed by atoms with Gasteiger partial charge in [0.1, 0.15) is 5.82 Å². The Labute approximate surface area is 148 Å². The molecule has 1 aromatic carbocycles. The molecule has 130 valence electrons. The molecule has 1 N–H and O–H groups in total. The highest BCUT2D eigenvalue weighted by molar-refractivity contribution is 7.91. The SMILES string of the molecule is CCS(=O)(=O)CCNc1cc(C(C)C)nc(-c2ccc(Cl)cc2)n1. The molecule has 0 aliphatic carbocycles. The van der Waals surface area contributed by atoms with E-state index in [9.17, 15) is 8.42 Å². The lowest BCUT2D eigenvalue weighted by molar-refractivity contribution is 0.597. The monoisotopic (exact) mass is 367 g/mol. The first-order chi connectivity index (χ1) is 11.3. The number of rotatable bonds is 7. The van der Waals surface area contributed by atoms with Gasteiger partial charge in [0.15, 0.2) is 15.7 Å². The molecule has 0 saturated carbocycles. The van der Waals surface area contributed by atoms with Crippen LogP contribution in [-0.2, 0) is 9.84 Å². The lowest BCUT2D eigenvalue weighted by Gasteiger charge is -2.12. The fourth-order valence-corrected chi connectivity index (χ4v) is 2.89. The fourth-order valence-electron chi connectivity index (χ4n) is 2.06. The van der Waals surface area contributed by atoms with Crippen LogP contribution in [0.1, 0.15) is 32.4 Å². The van der Waals surface area contributed by atoms with Crippen LogP contribution in [0.15, 0.2) is 30.3 Å². The topological polar surface area (TPSA) is 72.0 Å². The van der Waals surface area contributed by atoms with E-state index in [4.69, 9.17) is 11.6 Å². The van der Waals surface area contributed by atoms with Gasteiger partial charge < -0.3 is 5.32 Å². The maximum Gasteiger partial charge on any atom is 0.161 e. The van der Waals surface area contributed by atoms with E-state index in [1.165, 1.54) is 0 Å². The van der Waals surface area contributed by atoms with E-state index in [2.05, 4.69) is 29.1 Å². The second-order valence-corrected chi connectivity index (χ2v) is 8.74. The van der Waals surface area contributed by atoms with Crippen LogP contribution in [0.2, 0.25) is 5.02 Å². The summed E-state index contributed by atoms with van der Waals surface area (Å²) in [6.45, 7) is 6.08. The van der Waals surface area contributed by atoms with E-state index in [-0.39, 0.29) is 17.4 Å². The van der Waals surface area contributed by atoms with Gasteiger partial charge in [0, 0.05) is 34.6 Å². The Kier molecular flexibility index (Phi) is 6.18. The minimum atomic E-state index is -3.00. The van der Waals surface area contributed by atoms with E-state index in [0.717, 1.165) is 11.3 Å². The third-order valence-corrected chi connectivity index (χ3v) is 5.56. The quantitative estimate of drug-likeness (QED) is 0.806. The summed E-state index contributed by atoms with van der Waals surface area (Å²) in [6, 6.07) is 9.19. The van der Waals surface area contributed by atoms with Gasteiger partial charge in [-0.25, -0.2) is 18.4 Å². The Hall–Kier alpha value is -1.66. The molecule has 0 spiro atoms. The minimum Gasteiger partial charge on any atom is -0.369 e. The molecule has 5 nitrogen and oxygen atoms in total. The molecule has 0 amide bonds. The van der Waals surface area contributed by atoms with Crippen molar-refractivity contribution in [3.05, 3.63) is 41.0 Å². The number of halogens is 1. The maximum atomic E-state index is 11.6. The van der Waals surface area contributed by atoms with Gasteiger partial charge in [0.2, 0.25) is 0 Å². The summed E-state index contributed by atoms with van der Waals surface area (Å²) >= 11 is 5.93. The maximum absolute atomic E-state index is 11.6. The van der Waals surface area contributed by atoms with Crippen molar-refractivity contribution in [2.24, 2.45) is 0 Å². The predicted molar refractivity (Wildman–Crippen MR) is 99.4 cm³/mol. The molecule has 1 heterocycles. The van der Waals surface area contributed by atoms with E-state index >= 15 is 0 Å². The number of sulfone groups is 1. The second kappa shape index (κ2) is 7.94. The molecule has 0 radical (unpaired) electrons. The Morgan fingerprint density at radius 2 is 1.83 bits per heavy atom. The average Bonchev–Trinajstić information content (AvgIpc) is 2.55. The summed E-state index contributed by atoms with van der Waals surface area (Å²) < 4.78 is 23.2. The van der Waals surface area contributed by atoms with Crippen molar-refractivity contribution in [1.29, 1.82) is 0 Å². The molecule has 1 aromatic heterocycles. The van der Waals surface area contributed by atoms with Crippen LogP contribution in [-0.4, -0.2) is 36.4 Å². The highest BCUT2D eigenvalue weighted by atomic mass is 35.5. The molecule has 2 aromatic rings. The molecule has 0 fully saturated rings. The van der Waals surface area contributed by atoms with Gasteiger partial charge in [0.05, 0.1) is 5.75 Å². The van der Waals surface area contributed by atoms with E-state index < -0.39 is 9.84 Å². The van der Waals surface area contributed by atoms with Crippen molar-refractivity contribution < 1.29 is 8.42 Å². The lowest BCUT2D eigenvalue weighted by Crippen LogP contribution is -2.18. The van der Waals surface area contributed by atoms with Crippen LogP contribution in [0.5, 0.6) is 0 Å². The molecule has 0 atom stereocenters. The molecular formula is C17H22ClN3O2S. The highest BCUT2D eigenvalue weighted by Gasteiger charge is 2.11. The highest BCUT2D eigenvalue weighted by Crippen LogP contribution is 2.23. The number of benzene rings is 1. The zero-order valence-corrected chi connectivity index (χ0v) is 15.7. The number of hydrogen-bond acceptors (Lipinski definition) is 5. The number of nitrogens with one attached hydrogen (secondary N) is 1. The Morgan fingerprint density at radius 3 is 2.42 bits per heavy atom. The number of aromatic nitrogens is 2. The first-order valence-electron chi connectivity index (χ1n) is 7.90. The smallest absolute Gasteiger partial charge is 0.161 e. The van der Waals surface area contributed by atoms with Gasteiger partial charge >= 0.3 is 0 Å². The molecule has 0 bridgehead atoms. The summed E-state index contributed by atoms with van der Waals surface area (Å²) in [4.78, 5) is 9.09. The van der Waals surface area contributed by atoms with Crippen LogP contribution in [0.3, 0.4) is 0 Å². The minimum absolute atomic E-state index is 0.0841. The van der Waals surface area contributed by atoms with Crippen LogP contribution < -0.4 is 5.32 Å². The molecule has 0 aliphatic heterocycles. The van der Waals surface area contributed by atoms with Gasteiger partial charge in [-0.05, 0) is 30.2 Å². The molecule has 2 rings (SSSR count). The summed E-state index contributed by atoms with van der Waals surface area (Å²) in [5.74, 6) is 1.69. The zero-order valence-electron chi connectivity index (χ0n) is 14.1. The van der Waals surface area contributed by atoms with Crippen molar-refractivity contribution in [3.63, 3.8) is 0 Å². The van der Waals surface area contributed by atoms with Gasteiger partial charge in [-0.2, -0.15) is 0 Å². The summed E-state index contributed by atoms with van der Waals surface area (Å²) in [5.41, 5.74) is 1.77. The van der Waals surface area contributed by atoms with Gasteiger partial charge in [-0.1, -0.05) is 32.4 Å². The largest absolute Gasteiger partial charge is 0.369 e. The molecular weight excluding hydrogens is 346 g/mol. The van der Waals surface area contributed by atoms with Gasteiger partial charge in [-0.15, -0.1) is 0 Å². The van der Waals surface area contributed by atoms with Crippen LogP contribution in [0.4, 0.5) is 5.82 Å². The summed E-state index contributed by atoms with van der Waals surface area (Å²) in [7, 11) is -3.00. The number of nitrogens with zero attached hydrogens (tertiary/aromatic N) is 2. The van der Waals surface area contributed by atoms with Gasteiger partial charge in [-0.3, -0.25) is 0 Å². The van der Waals surface area contributed by atoms with Crippen molar-refractivity contribution >= 4 is 27.3 Å². The van der Waals surface area contributed by atoms with Gasteiger partial charge in [0.25, 0.3) is 0 Å². The third kappa shape index (κ3) is 5.18. The van der Waals surface area contributed by atoms with E-state index in [1.54, 1.807) is 19.1 Å². The second-order valence-electron chi connectivity index (χ2n) is 5.83. The first-order valence-corrected chi connectivity index (χ1v) is 10.1. The Morgan fingerprint density at radius 1 is 1.17 bits per heavy atom. The van der Waals surface area contributed by atoms with Crippen LogP contribution in [0, 0.1) is 0 Å². The zero-order chi connectivity index (χ0) is 17.7. The van der Waals surface area contributed by atoms with Crippen molar-refractivity contribution in [2.45, 2.75) is 26.7 Å². The number of hydrogen-bond donors (Lipinski definition) is 1. The predicted octanol–water partition coefficient (Wildman–Crippen LogP) is 3.77. The number of anilines is 1. The van der Waals surface area contributed by atoms with E-state index in [1.807, 2.05) is 18.2 Å². The molecule has 0 aliphatic rings. The first kappa shape index (κ1) is 18.7. The molecule has 0 unspecified atom stereocenters. The van der Waals surface area contributed by atoms with Crippen LogP contribution >= 0.6 is 11.6 Å². The molecule has 0 saturated heterocycles. The normalized spacial score (nSPS) is 11.7. The summed E-state index contributed by atoms with van der Waals surface area (Å²) in [5, 5.41) is 3.75. The fraction of sp³-hybridized carbons (Fsp3) is 0.412. The average molecular weight is 368 g/mol. The van der Waals surface area contributed by atoms with Crippen molar-refractivity contribution in [2.75, 3.05) is 23.4 Å². The lowest BCUT2D eigenvalue weighted by atomic mass is 10.1. The standard InChI is InChI=1S/C17H22ClN3O2S/c1-4-24(22,23)10-9-19-16-11-15(12(2)3)20-17(21-16)13-5-7-14(18)8-6-13/h5-8,11-12H,4,9-10H2,1-3H3,(H,19,20,21).